The minimum atomic E-state index is 0.477. The molecule has 1 unspecified atom stereocenters. The quantitative estimate of drug-likeness (QED) is 0.842. The molecule has 0 fully saturated rings. The van der Waals surface area contributed by atoms with Crippen molar-refractivity contribution in [2.45, 2.75) is 32.7 Å². The third-order valence-corrected chi connectivity index (χ3v) is 3.05. The molecule has 0 heterocycles. The summed E-state index contributed by atoms with van der Waals surface area (Å²) >= 11 is 3.59. The molecule has 1 aromatic rings. The monoisotopic (exact) mass is 255 g/mol. The van der Waals surface area contributed by atoms with E-state index in [4.69, 9.17) is 0 Å². The molecule has 0 aliphatic rings. The fourth-order valence-electron chi connectivity index (χ4n) is 1.55. The summed E-state index contributed by atoms with van der Waals surface area (Å²) in [4.78, 5) is 0. The summed E-state index contributed by atoms with van der Waals surface area (Å²) in [6, 6.07) is 8.91. The van der Waals surface area contributed by atoms with Gasteiger partial charge in [0.25, 0.3) is 0 Å². The lowest BCUT2D eigenvalue weighted by Gasteiger charge is -2.18. The topological polar surface area (TPSA) is 12.0 Å². The van der Waals surface area contributed by atoms with Gasteiger partial charge in [0.05, 0.1) is 0 Å². The maximum atomic E-state index is 3.59. The van der Waals surface area contributed by atoms with Crippen molar-refractivity contribution in [1.82, 2.24) is 5.32 Å². The standard InChI is InChI=1S/C12H18BrN/c1-3-9-14-12(4-2)10-7-5-6-8-11(10)13/h5-8,12,14H,3-4,9H2,1-2H3. The molecular formula is C12H18BrN. The molecule has 2 heteroatoms. The lowest BCUT2D eigenvalue weighted by atomic mass is 10.0. The molecule has 78 valence electrons. The Balaban J connectivity index is 2.73. The van der Waals surface area contributed by atoms with Crippen molar-refractivity contribution in [2.24, 2.45) is 0 Å². The minimum Gasteiger partial charge on any atom is -0.310 e. The summed E-state index contributed by atoms with van der Waals surface area (Å²) in [5.74, 6) is 0. The Morgan fingerprint density at radius 2 is 2.00 bits per heavy atom. The second-order valence-corrected chi connectivity index (χ2v) is 4.29. The van der Waals surface area contributed by atoms with Gasteiger partial charge < -0.3 is 5.32 Å². The maximum Gasteiger partial charge on any atom is 0.0328 e. The van der Waals surface area contributed by atoms with Crippen LogP contribution in [0.2, 0.25) is 0 Å². The van der Waals surface area contributed by atoms with Gasteiger partial charge in [-0.25, -0.2) is 0 Å². The van der Waals surface area contributed by atoms with Gasteiger partial charge in [-0.05, 0) is 31.0 Å². The molecule has 1 atom stereocenters. The van der Waals surface area contributed by atoms with E-state index in [2.05, 4.69) is 59.4 Å². The lowest BCUT2D eigenvalue weighted by Crippen LogP contribution is -2.21. The van der Waals surface area contributed by atoms with Crippen LogP contribution in [0.3, 0.4) is 0 Å². The van der Waals surface area contributed by atoms with Crippen LogP contribution in [0.4, 0.5) is 0 Å². The second kappa shape index (κ2) is 6.20. The van der Waals surface area contributed by atoms with E-state index in [1.165, 1.54) is 16.5 Å². The highest BCUT2D eigenvalue weighted by Crippen LogP contribution is 2.24. The first-order valence-corrected chi connectivity index (χ1v) is 6.06. The van der Waals surface area contributed by atoms with Gasteiger partial charge in [-0.1, -0.05) is 48.0 Å². The van der Waals surface area contributed by atoms with Crippen molar-refractivity contribution in [3.05, 3.63) is 34.3 Å². The molecule has 1 nitrogen and oxygen atoms in total. The number of hydrogen-bond acceptors (Lipinski definition) is 1. The Morgan fingerprint density at radius 1 is 1.29 bits per heavy atom. The fourth-order valence-corrected chi connectivity index (χ4v) is 2.11. The summed E-state index contributed by atoms with van der Waals surface area (Å²) in [5, 5.41) is 3.55. The van der Waals surface area contributed by atoms with Crippen LogP contribution in [0.25, 0.3) is 0 Å². The predicted octanol–water partition coefficient (Wildman–Crippen LogP) is 3.90. The molecule has 0 aliphatic carbocycles. The Bertz CT molecular complexity index is 273. The third-order valence-electron chi connectivity index (χ3n) is 2.33. The van der Waals surface area contributed by atoms with E-state index in [1.807, 2.05) is 0 Å². The Kier molecular flexibility index (Phi) is 5.20. The predicted molar refractivity (Wildman–Crippen MR) is 65.5 cm³/mol. The van der Waals surface area contributed by atoms with Crippen molar-refractivity contribution in [1.29, 1.82) is 0 Å². The van der Waals surface area contributed by atoms with Gasteiger partial charge in [0.1, 0.15) is 0 Å². The van der Waals surface area contributed by atoms with Crippen molar-refractivity contribution in [2.75, 3.05) is 6.54 Å². The molecule has 14 heavy (non-hydrogen) atoms. The van der Waals surface area contributed by atoms with Gasteiger partial charge >= 0.3 is 0 Å². The highest BCUT2D eigenvalue weighted by Gasteiger charge is 2.10. The molecule has 0 saturated carbocycles. The van der Waals surface area contributed by atoms with Crippen LogP contribution in [-0.4, -0.2) is 6.54 Å². The number of nitrogens with one attached hydrogen (secondary N) is 1. The smallest absolute Gasteiger partial charge is 0.0328 e. The Hall–Kier alpha value is -0.340. The Labute approximate surface area is 95.0 Å². The summed E-state index contributed by atoms with van der Waals surface area (Å²) in [5.41, 5.74) is 1.36. The van der Waals surface area contributed by atoms with E-state index in [-0.39, 0.29) is 0 Å². The molecule has 1 rings (SSSR count). The molecule has 0 amide bonds. The van der Waals surface area contributed by atoms with Crippen LogP contribution in [0.5, 0.6) is 0 Å². The summed E-state index contributed by atoms with van der Waals surface area (Å²) in [6.45, 7) is 5.49. The largest absolute Gasteiger partial charge is 0.310 e. The molecule has 0 spiro atoms. The number of rotatable bonds is 5. The van der Waals surface area contributed by atoms with E-state index in [1.54, 1.807) is 0 Å². The number of benzene rings is 1. The van der Waals surface area contributed by atoms with Gasteiger partial charge in [0.15, 0.2) is 0 Å². The van der Waals surface area contributed by atoms with Crippen molar-refractivity contribution in [3.8, 4) is 0 Å². The van der Waals surface area contributed by atoms with Gasteiger partial charge in [0, 0.05) is 10.5 Å². The van der Waals surface area contributed by atoms with Gasteiger partial charge in [-0.3, -0.25) is 0 Å². The number of halogens is 1. The van der Waals surface area contributed by atoms with Crippen LogP contribution in [0, 0.1) is 0 Å². The van der Waals surface area contributed by atoms with E-state index in [0.717, 1.165) is 13.0 Å². The first-order valence-electron chi connectivity index (χ1n) is 5.27. The first-order chi connectivity index (χ1) is 6.79. The SMILES string of the molecule is CCCNC(CC)c1ccccc1Br. The number of hydrogen-bond donors (Lipinski definition) is 1. The normalized spacial score (nSPS) is 12.8. The van der Waals surface area contributed by atoms with E-state index >= 15 is 0 Å². The van der Waals surface area contributed by atoms with Crippen molar-refractivity contribution >= 4 is 15.9 Å². The molecule has 1 N–H and O–H groups in total. The van der Waals surface area contributed by atoms with E-state index in [9.17, 15) is 0 Å². The Morgan fingerprint density at radius 3 is 2.57 bits per heavy atom. The molecule has 0 aromatic heterocycles. The van der Waals surface area contributed by atoms with Crippen molar-refractivity contribution < 1.29 is 0 Å². The molecule has 0 saturated heterocycles. The van der Waals surface area contributed by atoms with Crippen LogP contribution < -0.4 is 5.32 Å². The van der Waals surface area contributed by atoms with Crippen LogP contribution in [0.1, 0.15) is 38.3 Å². The van der Waals surface area contributed by atoms with Gasteiger partial charge in [0.2, 0.25) is 0 Å². The van der Waals surface area contributed by atoms with Crippen LogP contribution >= 0.6 is 15.9 Å². The van der Waals surface area contributed by atoms with E-state index in [0.29, 0.717) is 6.04 Å². The average molecular weight is 256 g/mol. The molecule has 0 bridgehead atoms. The zero-order valence-corrected chi connectivity index (χ0v) is 10.5. The average Bonchev–Trinajstić information content (AvgIpc) is 2.21. The summed E-state index contributed by atoms with van der Waals surface area (Å²) in [6.07, 6.45) is 2.31. The van der Waals surface area contributed by atoms with Crippen LogP contribution in [0.15, 0.2) is 28.7 Å². The van der Waals surface area contributed by atoms with Gasteiger partial charge in [-0.2, -0.15) is 0 Å². The molecule has 0 radical (unpaired) electrons. The van der Waals surface area contributed by atoms with E-state index < -0.39 is 0 Å². The van der Waals surface area contributed by atoms with Gasteiger partial charge in [-0.15, -0.1) is 0 Å². The van der Waals surface area contributed by atoms with Crippen molar-refractivity contribution in [3.63, 3.8) is 0 Å². The molecule has 1 aromatic carbocycles. The second-order valence-electron chi connectivity index (χ2n) is 3.44. The summed E-state index contributed by atoms with van der Waals surface area (Å²) in [7, 11) is 0. The fraction of sp³-hybridized carbons (Fsp3) is 0.500. The third kappa shape index (κ3) is 3.10. The maximum absolute atomic E-state index is 3.59. The zero-order valence-electron chi connectivity index (χ0n) is 8.89. The summed E-state index contributed by atoms with van der Waals surface area (Å²) < 4.78 is 1.20. The first kappa shape index (κ1) is 11.7. The lowest BCUT2D eigenvalue weighted by molar-refractivity contribution is 0.517. The molecule has 0 aliphatic heterocycles. The highest BCUT2D eigenvalue weighted by molar-refractivity contribution is 9.10. The van der Waals surface area contributed by atoms with Crippen LogP contribution in [-0.2, 0) is 0 Å². The highest BCUT2D eigenvalue weighted by atomic mass is 79.9. The minimum absolute atomic E-state index is 0.477. The zero-order chi connectivity index (χ0) is 10.4. The molecular weight excluding hydrogens is 238 g/mol.